The number of anilines is 3. The van der Waals surface area contributed by atoms with E-state index in [1.165, 1.54) is 11.3 Å². The Morgan fingerprint density at radius 3 is 2.63 bits per heavy atom. The number of nitrogens with one attached hydrogen (secondary N) is 3. The van der Waals surface area contributed by atoms with Crippen LogP contribution in [0.15, 0.2) is 6.20 Å². The number of aryl methyl sites for hydroxylation is 1. The van der Waals surface area contributed by atoms with E-state index >= 15 is 0 Å². The van der Waals surface area contributed by atoms with Gasteiger partial charge in [0.15, 0.2) is 0 Å². The van der Waals surface area contributed by atoms with Crippen LogP contribution in [0.1, 0.15) is 41.4 Å². The highest BCUT2D eigenvalue weighted by atomic mass is 32.1. The molecule has 2 fully saturated rings. The second-order valence-corrected chi connectivity index (χ2v) is 9.96. The van der Waals surface area contributed by atoms with Gasteiger partial charge in [0.1, 0.15) is 16.4 Å². The third-order valence-electron chi connectivity index (χ3n) is 6.15. The van der Waals surface area contributed by atoms with Gasteiger partial charge in [0.05, 0.1) is 29.8 Å². The van der Waals surface area contributed by atoms with Gasteiger partial charge in [-0.25, -0.2) is 9.97 Å². The average molecular weight is 514 g/mol. The number of rotatable bonds is 9. The van der Waals surface area contributed by atoms with Crippen molar-refractivity contribution in [1.82, 2.24) is 25.2 Å². The number of hydrogen-bond donors (Lipinski definition) is 3. The van der Waals surface area contributed by atoms with Crippen molar-refractivity contribution in [2.45, 2.75) is 38.3 Å². The lowest BCUT2D eigenvalue weighted by Crippen LogP contribution is -2.42. The van der Waals surface area contributed by atoms with Crippen LogP contribution in [0.5, 0.6) is 0 Å². The van der Waals surface area contributed by atoms with Crippen LogP contribution in [-0.4, -0.2) is 72.2 Å². The molecule has 4 rings (SSSR count). The zero-order valence-electron chi connectivity index (χ0n) is 19.7. The molecule has 4 heterocycles. The maximum Gasteiger partial charge on any atom is 0.421 e. The molecule has 0 atom stereocenters. The van der Waals surface area contributed by atoms with E-state index in [1.807, 2.05) is 6.92 Å². The Balaban J connectivity index is 1.38. The normalized spacial score (nSPS) is 17.7. The predicted molar refractivity (Wildman–Crippen MR) is 127 cm³/mol. The minimum Gasteiger partial charge on any atom is -0.380 e. The van der Waals surface area contributed by atoms with E-state index in [2.05, 4.69) is 42.8 Å². The predicted octanol–water partition coefficient (Wildman–Crippen LogP) is 3.38. The van der Waals surface area contributed by atoms with Crippen LogP contribution in [0.4, 0.5) is 29.9 Å². The van der Waals surface area contributed by atoms with Gasteiger partial charge in [0.25, 0.3) is 0 Å². The number of carbonyl (C=O) groups excluding carboxylic acids is 1. The topological polar surface area (TPSA) is 104 Å². The first kappa shape index (κ1) is 25.6. The fourth-order valence-electron chi connectivity index (χ4n) is 3.89. The minimum atomic E-state index is -4.60. The Kier molecular flexibility index (Phi) is 8.07. The molecule has 0 unspecified atom stereocenters. The van der Waals surface area contributed by atoms with Gasteiger partial charge in [-0.3, -0.25) is 4.79 Å². The number of nitrogens with zero attached hydrogens (tertiary/aromatic N) is 4. The standard InChI is InChI=1S/C22H30F3N7O2S/c1-13-19(35-20(29-13)14-4-8-32(2)9-5-14)31-21-28-10-16(22(23,24)25)17(30-21)26-6-3-7-27-18(33)15-11-34-12-15/h10,14-15H,3-9,11-12H2,1-2H3,(H,27,33)(H2,26,28,30,31). The number of carbonyl (C=O) groups is 1. The molecule has 35 heavy (non-hydrogen) atoms. The molecule has 1 amide bonds. The van der Waals surface area contributed by atoms with Gasteiger partial charge in [0.2, 0.25) is 11.9 Å². The smallest absolute Gasteiger partial charge is 0.380 e. The number of halogens is 3. The van der Waals surface area contributed by atoms with E-state index < -0.39 is 11.7 Å². The lowest BCUT2D eigenvalue weighted by Gasteiger charge is -2.27. The van der Waals surface area contributed by atoms with Gasteiger partial charge in [-0.1, -0.05) is 0 Å². The molecule has 0 aliphatic carbocycles. The summed E-state index contributed by atoms with van der Waals surface area (Å²) in [7, 11) is 2.10. The molecule has 3 N–H and O–H groups in total. The highest BCUT2D eigenvalue weighted by Gasteiger charge is 2.35. The monoisotopic (exact) mass is 513 g/mol. The summed E-state index contributed by atoms with van der Waals surface area (Å²) in [5.41, 5.74) is -0.165. The third-order valence-corrected chi connectivity index (χ3v) is 7.39. The number of ether oxygens (including phenoxy) is 1. The molecule has 2 aliphatic heterocycles. The third kappa shape index (κ3) is 6.58. The van der Waals surface area contributed by atoms with Gasteiger partial charge in [-0.05, 0) is 46.3 Å². The van der Waals surface area contributed by atoms with Crippen molar-refractivity contribution in [3.8, 4) is 0 Å². The Labute approximate surface area is 205 Å². The molecule has 2 aromatic rings. The first-order valence-electron chi connectivity index (χ1n) is 11.7. The van der Waals surface area contributed by atoms with Crippen molar-refractivity contribution < 1.29 is 22.7 Å². The van der Waals surface area contributed by atoms with Crippen molar-refractivity contribution >= 4 is 34.0 Å². The van der Waals surface area contributed by atoms with Crippen LogP contribution in [-0.2, 0) is 15.7 Å². The van der Waals surface area contributed by atoms with E-state index in [0.29, 0.717) is 32.1 Å². The lowest BCUT2D eigenvalue weighted by molar-refractivity contribution is -0.139. The highest BCUT2D eigenvalue weighted by molar-refractivity contribution is 7.16. The van der Waals surface area contributed by atoms with Gasteiger partial charge in [0, 0.05) is 25.2 Å². The summed E-state index contributed by atoms with van der Waals surface area (Å²) in [6.45, 7) is 5.28. The lowest BCUT2D eigenvalue weighted by atomic mass is 9.98. The molecule has 2 saturated heterocycles. The molecule has 0 radical (unpaired) electrons. The van der Waals surface area contributed by atoms with E-state index in [0.717, 1.165) is 47.8 Å². The second kappa shape index (κ2) is 11.0. The number of thiazole rings is 1. The van der Waals surface area contributed by atoms with E-state index in [1.54, 1.807) is 0 Å². The molecule has 13 heteroatoms. The van der Waals surface area contributed by atoms with Crippen LogP contribution in [0.25, 0.3) is 0 Å². The van der Waals surface area contributed by atoms with Crippen molar-refractivity contribution in [2.75, 3.05) is 57.1 Å². The van der Waals surface area contributed by atoms with Crippen molar-refractivity contribution in [3.63, 3.8) is 0 Å². The first-order chi connectivity index (χ1) is 16.7. The van der Waals surface area contributed by atoms with Crippen molar-refractivity contribution in [3.05, 3.63) is 22.5 Å². The Morgan fingerprint density at radius 2 is 1.97 bits per heavy atom. The van der Waals surface area contributed by atoms with Crippen LogP contribution >= 0.6 is 11.3 Å². The zero-order chi connectivity index (χ0) is 25.0. The second-order valence-electron chi connectivity index (χ2n) is 8.93. The molecule has 2 aromatic heterocycles. The van der Waals surface area contributed by atoms with Gasteiger partial charge >= 0.3 is 6.18 Å². The maximum absolute atomic E-state index is 13.5. The quantitative estimate of drug-likeness (QED) is 0.439. The van der Waals surface area contributed by atoms with E-state index in [4.69, 9.17) is 4.74 Å². The number of hydrogen-bond acceptors (Lipinski definition) is 9. The fraction of sp³-hybridized carbons (Fsp3) is 0.636. The van der Waals surface area contributed by atoms with Gasteiger partial charge < -0.3 is 25.6 Å². The summed E-state index contributed by atoms with van der Waals surface area (Å²) in [6.07, 6.45) is -1.31. The van der Waals surface area contributed by atoms with E-state index in [9.17, 15) is 18.0 Å². The number of likely N-dealkylation sites (tertiary alicyclic amines) is 1. The summed E-state index contributed by atoms with van der Waals surface area (Å²) in [6, 6.07) is 0. The summed E-state index contributed by atoms with van der Waals surface area (Å²) >= 11 is 1.50. The molecule has 0 spiro atoms. The molecular formula is C22H30F3N7O2S. The molecular weight excluding hydrogens is 483 g/mol. The fourth-order valence-corrected chi connectivity index (χ4v) is 5.02. The molecule has 0 saturated carbocycles. The number of alkyl halides is 3. The van der Waals surface area contributed by atoms with Crippen molar-refractivity contribution in [1.29, 1.82) is 0 Å². The Hall–Kier alpha value is -2.51. The first-order valence-corrected chi connectivity index (χ1v) is 12.5. The molecule has 2 aliphatic rings. The van der Waals surface area contributed by atoms with Crippen LogP contribution in [0.3, 0.4) is 0 Å². The number of piperidine rings is 1. The maximum atomic E-state index is 13.5. The molecule has 0 bridgehead atoms. The number of amides is 1. The average Bonchev–Trinajstić information content (AvgIpc) is 3.12. The molecule has 0 aromatic carbocycles. The van der Waals surface area contributed by atoms with Gasteiger partial charge in [-0.15, -0.1) is 11.3 Å². The van der Waals surface area contributed by atoms with Crippen molar-refractivity contribution in [2.24, 2.45) is 5.92 Å². The Morgan fingerprint density at radius 1 is 1.23 bits per heavy atom. The molecule has 9 nitrogen and oxygen atoms in total. The SMILES string of the molecule is Cc1nc(C2CCN(C)CC2)sc1Nc1ncc(C(F)(F)F)c(NCCCNC(=O)C2COC2)n1. The molecule has 192 valence electrons. The largest absolute Gasteiger partial charge is 0.421 e. The minimum absolute atomic E-state index is 0.0699. The van der Waals surface area contributed by atoms with Crippen LogP contribution < -0.4 is 16.0 Å². The van der Waals surface area contributed by atoms with Gasteiger partial charge in [-0.2, -0.15) is 18.2 Å². The summed E-state index contributed by atoms with van der Waals surface area (Å²) in [5.74, 6) is -0.0776. The summed E-state index contributed by atoms with van der Waals surface area (Å²) in [5, 5.41) is 10.3. The summed E-state index contributed by atoms with van der Waals surface area (Å²) in [4.78, 5) is 26.8. The summed E-state index contributed by atoms with van der Waals surface area (Å²) < 4.78 is 45.5. The van der Waals surface area contributed by atoms with Crippen LogP contribution in [0, 0.1) is 12.8 Å². The van der Waals surface area contributed by atoms with Crippen LogP contribution in [0.2, 0.25) is 0 Å². The number of aromatic nitrogens is 3. The van der Waals surface area contributed by atoms with E-state index in [-0.39, 0.29) is 30.1 Å². The highest BCUT2D eigenvalue weighted by Crippen LogP contribution is 2.37. The Bertz CT molecular complexity index is 1020. The zero-order valence-corrected chi connectivity index (χ0v) is 20.6.